The Morgan fingerprint density at radius 2 is 1.72 bits per heavy atom. The van der Waals surface area contributed by atoms with Gasteiger partial charge in [-0.05, 0) is 36.4 Å². The summed E-state index contributed by atoms with van der Waals surface area (Å²) in [5.74, 6) is 0.275. The molecular weight excluding hydrogens is 372 g/mol. The van der Waals surface area contributed by atoms with Gasteiger partial charge in [-0.15, -0.1) is 5.10 Å². The van der Waals surface area contributed by atoms with Gasteiger partial charge in [-0.25, -0.2) is 9.48 Å². The molecule has 0 bridgehead atoms. The molecule has 4 rings (SSSR count). The monoisotopic (exact) mass is 392 g/mol. The van der Waals surface area contributed by atoms with Crippen LogP contribution in [0.3, 0.4) is 0 Å². The van der Waals surface area contributed by atoms with Gasteiger partial charge in [-0.3, -0.25) is 4.79 Å². The van der Waals surface area contributed by atoms with Crippen molar-refractivity contribution in [2.24, 2.45) is 0 Å². The Bertz CT molecular complexity index is 995. The minimum Gasteiger partial charge on any atom is -0.487 e. The van der Waals surface area contributed by atoms with Crippen molar-refractivity contribution in [3.63, 3.8) is 0 Å². The third kappa shape index (κ3) is 4.11. The van der Waals surface area contributed by atoms with Crippen LogP contribution in [0.25, 0.3) is 0 Å². The lowest BCUT2D eigenvalue weighted by Crippen LogP contribution is -2.50. The molecule has 1 amide bonds. The minimum atomic E-state index is -0.425. The molecule has 29 heavy (non-hydrogen) atoms. The Morgan fingerprint density at radius 1 is 1.03 bits per heavy atom. The molecule has 3 aromatic rings. The summed E-state index contributed by atoms with van der Waals surface area (Å²) in [6, 6.07) is 16.1. The fourth-order valence-electron chi connectivity index (χ4n) is 3.07. The first-order valence-electron chi connectivity index (χ1n) is 9.20. The molecule has 0 spiro atoms. The third-order valence-electron chi connectivity index (χ3n) is 4.76. The molecule has 2 aromatic carbocycles. The molecule has 2 heterocycles. The molecule has 8 heteroatoms. The van der Waals surface area contributed by atoms with Crippen molar-refractivity contribution >= 4 is 11.9 Å². The van der Waals surface area contributed by atoms with E-state index >= 15 is 0 Å². The van der Waals surface area contributed by atoms with Crippen LogP contribution in [-0.2, 0) is 11.3 Å². The number of hydrogen-bond acceptors (Lipinski definition) is 6. The minimum absolute atomic E-state index is 0.0783. The Labute approximate surface area is 167 Å². The maximum Gasteiger partial charge on any atom is 0.337 e. The lowest BCUT2D eigenvalue weighted by Gasteiger charge is -2.38. The second-order valence-electron chi connectivity index (χ2n) is 6.72. The number of carbonyl (C=O) groups is 2. The third-order valence-corrected chi connectivity index (χ3v) is 4.76. The van der Waals surface area contributed by atoms with Crippen LogP contribution >= 0.6 is 0 Å². The Hall–Kier alpha value is -3.68. The fraction of sp³-hybridized carbons (Fsp3) is 0.238. The first-order chi connectivity index (χ1) is 14.1. The predicted octanol–water partition coefficient (Wildman–Crippen LogP) is 2.34. The zero-order valence-corrected chi connectivity index (χ0v) is 15.9. The number of methoxy groups -OCH3 is 1. The number of amides is 1. The summed E-state index contributed by atoms with van der Waals surface area (Å²) in [7, 11) is 1.32. The van der Waals surface area contributed by atoms with Gasteiger partial charge in [0, 0.05) is 18.7 Å². The highest BCUT2D eigenvalue weighted by atomic mass is 16.5. The molecule has 1 aromatic heterocycles. The molecule has 8 nitrogen and oxygen atoms in total. The van der Waals surface area contributed by atoms with Crippen LogP contribution in [0.1, 0.15) is 32.5 Å². The Balaban J connectivity index is 1.30. The van der Waals surface area contributed by atoms with Crippen LogP contribution in [0.5, 0.6) is 5.75 Å². The van der Waals surface area contributed by atoms with E-state index in [-0.39, 0.29) is 11.9 Å². The molecule has 0 atom stereocenters. The summed E-state index contributed by atoms with van der Waals surface area (Å²) in [4.78, 5) is 25.8. The summed E-state index contributed by atoms with van der Waals surface area (Å²) in [6.07, 6.45) is 1.85. The van der Waals surface area contributed by atoms with E-state index in [4.69, 9.17) is 4.74 Å². The number of rotatable bonds is 6. The smallest absolute Gasteiger partial charge is 0.337 e. The first kappa shape index (κ1) is 18.7. The van der Waals surface area contributed by atoms with Crippen molar-refractivity contribution in [1.29, 1.82) is 0 Å². The SMILES string of the molecule is COC(=O)c1ccc(C(=O)N2CC(n3cc(COc4ccccc4)nn3)C2)cc1. The maximum absolute atomic E-state index is 12.6. The van der Waals surface area contributed by atoms with E-state index in [0.29, 0.717) is 30.8 Å². The van der Waals surface area contributed by atoms with Gasteiger partial charge < -0.3 is 14.4 Å². The number of hydrogen-bond donors (Lipinski definition) is 0. The lowest BCUT2D eigenvalue weighted by atomic mass is 10.1. The van der Waals surface area contributed by atoms with Crippen LogP contribution < -0.4 is 4.74 Å². The average molecular weight is 392 g/mol. The molecule has 1 saturated heterocycles. The topological polar surface area (TPSA) is 86.6 Å². The van der Waals surface area contributed by atoms with Gasteiger partial charge in [0.15, 0.2) is 0 Å². The number of aromatic nitrogens is 3. The van der Waals surface area contributed by atoms with Gasteiger partial charge in [0.1, 0.15) is 18.1 Å². The van der Waals surface area contributed by atoms with Gasteiger partial charge >= 0.3 is 5.97 Å². The van der Waals surface area contributed by atoms with Crippen molar-refractivity contribution < 1.29 is 19.1 Å². The summed E-state index contributed by atoms with van der Waals surface area (Å²) >= 11 is 0. The molecule has 1 fully saturated rings. The highest BCUT2D eigenvalue weighted by molar-refractivity contribution is 5.96. The van der Waals surface area contributed by atoms with Gasteiger partial charge in [-0.1, -0.05) is 23.4 Å². The van der Waals surface area contributed by atoms with Crippen molar-refractivity contribution in [2.75, 3.05) is 20.2 Å². The summed E-state index contributed by atoms with van der Waals surface area (Å²) in [5, 5.41) is 8.29. The van der Waals surface area contributed by atoms with E-state index in [9.17, 15) is 9.59 Å². The summed E-state index contributed by atoms with van der Waals surface area (Å²) in [6.45, 7) is 1.45. The molecule has 0 saturated carbocycles. The van der Waals surface area contributed by atoms with Gasteiger partial charge in [-0.2, -0.15) is 0 Å². The Morgan fingerprint density at radius 3 is 2.41 bits per heavy atom. The number of para-hydroxylation sites is 1. The number of likely N-dealkylation sites (tertiary alicyclic amines) is 1. The predicted molar refractivity (Wildman–Crippen MR) is 104 cm³/mol. The highest BCUT2D eigenvalue weighted by Gasteiger charge is 2.33. The number of carbonyl (C=O) groups excluding carboxylic acids is 2. The molecule has 1 aliphatic heterocycles. The van der Waals surface area contributed by atoms with Crippen molar-refractivity contribution in [1.82, 2.24) is 19.9 Å². The first-order valence-corrected chi connectivity index (χ1v) is 9.20. The second kappa shape index (κ2) is 8.14. The maximum atomic E-state index is 12.6. The lowest BCUT2D eigenvalue weighted by molar-refractivity contribution is 0.0497. The van der Waals surface area contributed by atoms with E-state index < -0.39 is 5.97 Å². The molecule has 148 valence electrons. The molecule has 1 aliphatic rings. The fourth-order valence-corrected chi connectivity index (χ4v) is 3.07. The van der Waals surface area contributed by atoms with E-state index in [0.717, 1.165) is 11.4 Å². The number of ether oxygens (including phenoxy) is 2. The zero-order valence-electron chi connectivity index (χ0n) is 15.9. The largest absolute Gasteiger partial charge is 0.487 e. The van der Waals surface area contributed by atoms with E-state index in [1.54, 1.807) is 33.8 Å². The standard InChI is InChI=1S/C21H20N4O4/c1-28-21(27)16-9-7-15(8-10-16)20(26)24-12-18(13-24)25-11-17(22-23-25)14-29-19-5-3-2-4-6-19/h2-11,18H,12-14H2,1H3. The number of nitrogens with zero attached hydrogens (tertiary/aromatic N) is 4. The van der Waals surface area contributed by atoms with E-state index in [2.05, 4.69) is 15.0 Å². The van der Waals surface area contributed by atoms with E-state index in [1.807, 2.05) is 36.5 Å². The van der Waals surface area contributed by atoms with Crippen LogP contribution in [0.4, 0.5) is 0 Å². The average Bonchev–Trinajstić information content (AvgIpc) is 3.20. The molecule has 0 aliphatic carbocycles. The Kier molecular flexibility index (Phi) is 5.24. The highest BCUT2D eigenvalue weighted by Crippen LogP contribution is 2.23. The quantitative estimate of drug-likeness (QED) is 0.599. The molecule has 0 radical (unpaired) electrons. The van der Waals surface area contributed by atoms with Crippen molar-refractivity contribution in [3.05, 3.63) is 77.6 Å². The molecular formula is C21H20N4O4. The molecule has 0 N–H and O–H groups in total. The second-order valence-corrected chi connectivity index (χ2v) is 6.72. The summed E-state index contributed by atoms with van der Waals surface area (Å²) in [5.41, 5.74) is 1.68. The summed E-state index contributed by atoms with van der Waals surface area (Å²) < 4.78 is 12.1. The van der Waals surface area contributed by atoms with Crippen molar-refractivity contribution in [2.45, 2.75) is 12.6 Å². The van der Waals surface area contributed by atoms with Gasteiger partial charge in [0.2, 0.25) is 0 Å². The van der Waals surface area contributed by atoms with Gasteiger partial charge in [0.25, 0.3) is 5.91 Å². The normalized spacial score (nSPS) is 13.6. The number of benzene rings is 2. The van der Waals surface area contributed by atoms with Crippen LogP contribution in [0, 0.1) is 0 Å². The molecule has 0 unspecified atom stereocenters. The van der Waals surface area contributed by atoms with E-state index in [1.165, 1.54) is 7.11 Å². The van der Waals surface area contributed by atoms with Crippen LogP contribution in [0.15, 0.2) is 60.8 Å². The van der Waals surface area contributed by atoms with Crippen molar-refractivity contribution in [3.8, 4) is 5.75 Å². The van der Waals surface area contributed by atoms with Crippen LogP contribution in [0.2, 0.25) is 0 Å². The zero-order chi connectivity index (χ0) is 20.2. The van der Waals surface area contributed by atoms with Crippen LogP contribution in [-0.4, -0.2) is 52.0 Å². The van der Waals surface area contributed by atoms with Gasteiger partial charge in [0.05, 0.1) is 24.9 Å². The number of esters is 1.